The molecule has 1 amide bonds. The summed E-state index contributed by atoms with van der Waals surface area (Å²) < 4.78 is 4.87. The maximum absolute atomic E-state index is 10.6. The lowest BCUT2D eigenvalue weighted by molar-refractivity contribution is -0.125. The Bertz CT molecular complexity index is 402. The normalized spacial score (nSPS) is 12.2. The smallest absolute Gasteiger partial charge is 0.248 e. The molecular formula is C9H13ClN4O3. The second kappa shape index (κ2) is 6.33. The molecule has 17 heavy (non-hydrogen) atoms. The van der Waals surface area contributed by atoms with Gasteiger partial charge in [-0.2, -0.15) is 0 Å². The number of methoxy groups -OCH3 is 1. The lowest BCUT2D eigenvalue weighted by Crippen LogP contribution is -2.34. The van der Waals surface area contributed by atoms with E-state index in [1.165, 1.54) is 13.2 Å². The van der Waals surface area contributed by atoms with Gasteiger partial charge in [0.15, 0.2) is 5.82 Å². The van der Waals surface area contributed by atoms with E-state index in [1.54, 1.807) is 0 Å². The third-order valence-corrected chi connectivity index (χ3v) is 2.01. The Morgan fingerprint density at radius 3 is 3.00 bits per heavy atom. The Morgan fingerprint density at radius 1 is 1.71 bits per heavy atom. The topological polar surface area (TPSA) is 110 Å². The number of aromatic nitrogens is 2. The van der Waals surface area contributed by atoms with Crippen LogP contribution in [0, 0.1) is 0 Å². The highest BCUT2D eigenvalue weighted by atomic mass is 35.5. The highest BCUT2D eigenvalue weighted by molar-refractivity contribution is 6.29. The summed E-state index contributed by atoms with van der Waals surface area (Å²) >= 11 is 5.76. The molecule has 0 bridgehead atoms. The van der Waals surface area contributed by atoms with Gasteiger partial charge in [-0.1, -0.05) is 11.6 Å². The number of carbonyl (C=O) groups is 1. The number of hydrogen-bond acceptors (Lipinski definition) is 6. The lowest BCUT2D eigenvalue weighted by Gasteiger charge is -2.10. The first-order valence-electron chi connectivity index (χ1n) is 4.76. The maximum atomic E-state index is 10.6. The molecule has 1 atom stereocenters. The fourth-order valence-electron chi connectivity index (χ4n) is 1.05. The fraction of sp³-hybridized carbons (Fsp3) is 0.444. The van der Waals surface area contributed by atoms with E-state index in [1.807, 2.05) is 0 Å². The molecule has 0 aliphatic heterocycles. The van der Waals surface area contributed by atoms with E-state index >= 15 is 0 Å². The van der Waals surface area contributed by atoms with Crippen molar-refractivity contribution in [3.63, 3.8) is 0 Å². The number of aliphatic hydroxyl groups excluding tert-OH is 1. The molecule has 1 rings (SSSR count). The summed E-state index contributed by atoms with van der Waals surface area (Å²) in [6.45, 7) is 0.169. The number of hydrogen-bond donors (Lipinski definition) is 3. The van der Waals surface area contributed by atoms with E-state index in [4.69, 9.17) is 22.1 Å². The van der Waals surface area contributed by atoms with Crippen LogP contribution in [0.1, 0.15) is 5.82 Å². The van der Waals surface area contributed by atoms with Crippen molar-refractivity contribution in [2.75, 3.05) is 19.0 Å². The number of amides is 1. The summed E-state index contributed by atoms with van der Waals surface area (Å²) in [6, 6.07) is 1.47. The molecule has 1 heterocycles. The monoisotopic (exact) mass is 260 g/mol. The van der Waals surface area contributed by atoms with Crippen LogP contribution in [0.25, 0.3) is 0 Å². The van der Waals surface area contributed by atoms with E-state index in [0.29, 0.717) is 11.6 Å². The van der Waals surface area contributed by atoms with Crippen LogP contribution in [0.2, 0.25) is 5.15 Å². The average Bonchev–Trinajstić information content (AvgIpc) is 2.25. The van der Waals surface area contributed by atoms with Gasteiger partial charge in [0.25, 0.3) is 0 Å². The second-order valence-electron chi connectivity index (χ2n) is 3.22. The van der Waals surface area contributed by atoms with Crippen molar-refractivity contribution in [3.8, 4) is 0 Å². The van der Waals surface area contributed by atoms with Crippen molar-refractivity contribution >= 4 is 23.3 Å². The summed E-state index contributed by atoms with van der Waals surface area (Å²) in [6.07, 6.45) is -1.28. The van der Waals surface area contributed by atoms with Crippen molar-refractivity contribution in [2.45, 2.75) is 12.7 Å². The SMILES string of the molecule is COCc1nc(Cl)cc(NCC(O)C(N)=O)n1. The van der Waals surface area contributed by atoms with Crippen LogP contribution >= 0.6 is 11.6 Å². The highest BCUT2D eigenvalue weighted by Crippen LogP contribution is 2.11. The van der Waals surface area contributed by atoms with E-state index in [0.717, 1.165) is 0 Å². The molecule has 7 nitrogen and oxygen atoms in total. The number of anilines is 1. The van der Waals surface area contributed by atoms with Crippen LogP contribution in [0.5, 0.6) is 0 Å². The molecule has 0 aromatic carbocycles. The van der Waals surface area contributed by atoms with Crippen molar-refractivity contribution < 1.29 is 14.6 Å². The number of primary amides is 1. The molecule has 94 valence electrons. The number of nitrogens with one attached hydrogen (secondary N) is 1. The molecule has 1 aromatic heterocycles. The molecule has 0 saturated carbocycles. The number of ether oxygens (including phenoxy) is 1. The van der Waals surface area contributed by atoms with Crippen LogP contribution < -0.4 is 11.1 Å². The molecular weight excluding hydrogens is 248 g/mol. The van der Waals surface area contributed by atoms with E-state index < -0.39 is 12.0 Å². The lowest BCUT2D eigenvalue weighted by atomic mass is 10.3. The minimum atomic E-state index is -1.28. The van der Waals surface area contributed by atoms with Crippen molar-refractivity contribution in [1.82, 2.24) is 9.97 Å². The predicted molar refractivity (Wildman–Crippen MR) is 61.4 cm³/mol. The van der Waals surface area contributed by atoms with Crippen molar-refractivity contribution in [3.05, 3.63) is 17.0 Å². The minimum absolute atomic E-state index is 0.0465. The zero-order valence-corrected chi connectivity index (χ0v) is 9.94. The quantitative estimate of drug-likeness (QED) is 0.597. The first-order valence-corrected chi connectivity index (χ1v) is 5.14. The van der Waals surface area contributed by atoms with Gasteiger partial charge in [-0.25, -0.2) is 9.97 Å². The van der Waals surface area contributed by atoms with Gasteiger partial charge in [-0.15, -0.1) is 0 Å². The zero-order valence-electron chi connectivity index (χ0n) is 9.18. The third kappa shape index (κ3) is 4.51. The second-order valence-corrected chi connectivity index (χ2v) is 3.61. The number of halogens is 1. The van der Waals surface area contributed by atoms with Gasteiger partial charge in [-0.05, 0) is 0 Å². The Balaban J connectivity index is 2.67. The molecule has 1 aromatic rings. The van der Waals surface area contributed by atoms with Gasteiger partial charge in [0.1, 0.15) is 23.7 Å². The zero-order chi connectivity index (χ0) is 12.8. The van der Waals surface area contributed by atoms with Crippen molar-refractivity contribution in [1.29, 1.82) is 0 Å². The number of rotatable bonds is 6. The van der Waals surface area contributed by atoms with Crippen LogP contribution in [-0.4, -0.2) is 40.7 Å². The summed E-state index contributed by atoms with van der Waals surface area (Å²) in [7, 11) is 1.51. The summed E-state index contributed by atoms with van der Waals surface area (Å²) in [5.74, 6) is -0.0248. The average molecular weight is 261 g/mol. The van der Waals surface area contributed by atoms with Crippen LogP contribution in [0.4, 0.5) is 5.82 Å². The molecule has 4 N–H and O–H groups in total. The Morgan fingerprint density at radius 2 is 2.41 bits per heavy atom. The van der Waals surface area contributed by atoms with Gasteiger partial charge in [0, 0.05) is 13.2 Å². The molecule has 0 radical (unpaired) electrons. The number of aliphatic hydroxyl groups is 1. The summed E-state index contributed by atoms with van der Waals surface area (Å²) in [5, 5.41) is 12.2. The Labute approximate surface area is 103 Å². The van der Waals surface area contributed by atoms with E-state index in [-0.39, 0.29) is 18.3 Å². The minimum Gasteiger partial charge on any atom is -0.381 e. The standard InChI is InChI=1S/C9H13ClN4O3/c1-17-4-8-13-6(10)2-7(14-8)12-3-5(15)9(11)16/h2,5,15H,3-4H2,1H3,(H2,11,16)(H,12,13,14). The third-order valence-electron chi connectivity index (χ3n) is 1.82. The molecule has 0 aliphatic rings. The molecule has 0 spiro atoms. The maximum Gasteiger partial charge on any atom is 0.248 e. The molecule has 0 fully saturated rings. The first-order chi connectivity index (χ1) is 8.02. The Hall–Kier alpha value is -1.44. The summed E-state index contributed by atoms with van der Waals surface area (Å²) in [5.41, 5.74) is 4.90. The predicted octanol–water partition coefficient (Wildman–Crippen LogP) is -0.466. The van der Waals surface area contributed by atoms with Crippen LogP contribution in [0.15, 0.2) is 6.07 Å². The van der Waals surface area contributed by atoms with Crippen LogP contribution in [-0.2, 0) is 16.1 Å². The van der Waals surface area contributed by atoms with E-state index in [9.17, 15) is 9.90 Å². The molecule has 0 saturated heterocycles. The van der Waals surface area contributed by atoms with Gasteiger partial charge < -0.3 is 20.9 Å². The number of carbonyl (C=O) groups excluding carboxylic acids is 1. The van der Waals surface area contributed by atoms with Gasteiger partial charge in [0.05, 0.1) is 6.54 Å². The largest absolute Gasteiger partial charge is 0.381 e. The van der Waals surface area contributed by atoms with Crippen molar-refractivity contribution in [2.24, 2.45) is 5.73 Å². The molecule has 8 heteroatoms. The molecule has 0 aliphatic carbocycles. The highest BCUT2D eigenvalue weighted by Gasteiger charge is 2.11. The van der Waals surface area contributed by atoms with Gasteiger partial charge in [-0.3, -0.25) is 4.79 Å². The van der Waals surface area contributed by atoms with Crippen LogP contribution in [0.3, 0.4) is 0 Å². The van der Waals surface area contributed by atoms with Gasteiger partial charge in [0.2, 0.25) is 5.91 Å². The summed E-state index contributed by atoms with van der Waals surface area (Å²) in [4.78, 5) is 18.6. The fourth-order valence-corrected chi connectivity index (χ4v) is 1.25. The Kier molecular flexibility index (Phi) is 5.08. The number of nitrogens with two attached hydrogens (primary N) is 1. The van der Waals surface area contributed by atoms with Gasteiger partial charge >= 0.3 is 0 Å². The number of nitrogens with zero attached hydrogens (tertiary/aromatic N) is 2. The van der Waals surface area contributed by atoms with E-state index in [2.05, 4.69) is 15.3 Å². The molecule has 1 unspecified atom stereocenters. The first kappa shape index (κ1) is 13.6.